The first-order valence-electron chi connectivity index (χ1n) is 10.4. The summed E-state index contributed by atoms with van der Waals surface area (Å²) >= 11 is 0. The highest BCUT2D eigenvalue weighted by Crippen LogP contribution is 2.40. The standard InChI is InChI=1S/C22H30F2O3/c1-3-5-14-6-8-15(9-7-14)18-12-11-17(22(25)27-18)16-10-13-19(26-4-2)21(24)20(16)23/h10,13-15,17-18H,3-9,11-12H2,1-2H3. The van der Waals surface area contributed by atoms with Gasteiger partial charge in [-0.15, -0.1) is 0 Å². The minimum atomic E-state index is -1.03. The van der Waals surface area contributed by atoms with Crippen LogP contribution < -0.4 is 4.74 Å². The molecular weight excluding hydrogens is 350 g/mol. The molecule has 2 unspecified atom stereocenters. The molecule has 2 atom stereocenters. The predicted molar refractivity (Wildman–Crippen MR) is 99.7 cm³/mol. The lowest BCUT2D eigenvalue weighted by Crippen LogP contribution is -2.36. The lowest BCUT2D eigenvalue weighted by molar-refractivity contribution is -0.160. The van der Waals surface area contributed by atoms with Gasteiger partial charge < -0.3 is 9.47 Å². The van der Waals surface area contributed by atoms with Gasteiger partial charge in [0.25, 0.3) is 0 Å². The normalized spacial score (nSPS) is 28.7. The van der Waals surface area contributed by atoms with E-state index in [1.165, 1.54) is 37.8 Å². The van der Waals surface area contributed by atoms with Gasteiger partial charge in [0.2, 0.25) is 5.82 Å². The van der Waals surface area contributed by atoms with E-state index in [4.69, 9.17) is 9.47 Å². The van der Waals surface area contributed by atoms with Crippen LogP contribution in [0.1, 0.15) is 76.7 Å². The van der Waals surface area contributed by atoms with E-state index >= 15 is 0 Å². The van der Waals surface area contributed by atoms with Crippen LogP contribution in [0.25, 0.3) is 0 Å². The first-order valence-corrected chi connectivity index (χ1v) is 10.4. The summed E-state index contributed by atoms with van der Waals surface area (Å²) in [5.74, 6) is -2.10. The third-order valence-electron chi connectivity index (χ3n) is 6.16. The Morgan fingerprint density at radius 3 is 2.41 bits per heavy atom. The highest BCUT2D eigenvalue weighted by atomic mass is 19.2. The van der Waals surface area contributed by atoms with E-state index in [9.17, 15) is 13.6 Å². The van der Waals surface area contributed by atoms with E-state index in [2.05, 4.69) is 6.92 Å². The lowest BCUT2D eigenvalue weighted by Gasteiger charge is -2.37. The van der Waals surface area contributed by atoms with Crippen molar-refractivity contribution in [2.45, 2.75) is 77.2 Å². The summed E-state index contributed by atoms with van der Waals surface area (Å²) in [6.07, 6.45) is 8.24. The van der Waals surface area contributed by atoms with E-state index < -0.39 is 23.5 Å². The van der Waals surface area contributed by atoms with Crippen molar-refractivity contribution in [3.05, 3.63) is 29.3 Å². The minimum Gasteiger partial charge on any atom is -0.491 e. The third kappa shape index (κ3) is 4.44. The van der Waals surface area contributed by atoms with Crippen molar-refractivity contribution in [1.82, 2.24) is 0 Å². The number of halogens is 2. The van der Waals surface area contributed by atoms with Crippen molar-refractivity contribution in [3.63, 3.8) is 0 Å². The number of ether oxygens (including phenoxy) is 2. The van der Waals surface area contributed by atoms with E-state index in [1.54, 1.807) is 6.92 Å². The van der Waals surface area contributed by atoms with Gasteiger partial charge in [0.05, 0.1) is 12.5 Å². The lowest BCUT2D eigenvalue weighted by atomic mass is 9.75. The number of hydrogen-bond acceptors (Lipinski definition) is 3. The van der Waals surface area contributed by atoms with Gasteiger partial charge in [-0.2, -0.15) is 4.39 Å². The van der Waals surface area contributed by atoms with Crippen LogP contribution in [0.2, 0.25) is 0 Å². The van der Waals surface area contributed by atoms with E-state index in [0.717, 1.165) is 18.8 Å². The molecule has 1 aromatic carbocycles. The summed E-state index contributed by atoms with van der Waals surface area (Å²) in [4.78, 5) is 12.5. The molecule has 0 amide bonds. The Morgan fingerprint density at radius 1 is 1.04 bits per heavy atom. The summed E-state index contributed by atoms with van der Waals surface area (Å²) in [6, 6.07) is 2.84. The molecule has 0 N–H and O–H groups in total. The van der Waals surface area contributed by atoms with Crippen molar-refractivity contribution >= 4 is 5.97 Å². The Kier molecular flexibility index (Phi) is 6.72. The van der Waals surface area contributed by atoms with E-state index in [0.29, 0.717) is 18.8 Å². The van der Waals surface area contributed by atoms with Crippen LogP contribution in [0.4, 0.5) is 8.78 Å². The third-order valence-corrected chi connectivity index (χ3v) is 6.16. The fourth-order valence-corrected chi connectivity index (χ4v) is 4.69. The summed E-state index contributed by atoms with van der Waals surface area (Å²) in [7, 11) is 0. The monoisotopic (exact) mass is 380 g/mol. The van der Waals surface area contributed by atoms with Gasteiger partial charge in [-0.05, 0) is 50.5 Å². The maximum atomic E-state index is 14.4. The maximum absolute atomic E-state index is 14.4. The quantitative estimate of drug-likeness (QED) is 0.589. The van der Waals surface area contributed by atoms with Crippen LogP contribution in [-0.2, 0) is 9.53 Å². The Labute approximate surface area is 160 Å². The van der Waals surface area contributed by atoms with Gasteiger partial charge in [-0.1, -0.05) is 38.7 Å². The largest absolute Gasteiger partial charge is 0.491 e. The molecule has 1 aliphatic heterocycles. The molecule has 0 radical (unpaired) electrons. The van der Waals surface area contributed by atoms with Gasteiger partial charge in [0, 0.05) is 5.56 Å². The second-order valence-corrected chi connectivity index (χ2v) is 7.89. The van der Waals surface area contributed by atoms with Gasteiger partial charge in [0.1, 0.15) is 6.10 Å². The minimum absolute atomic E-state index is 0.0751. The molecule has 1 aliphatic carbocycles. The molecule has 3 rings (SSSR count). The number of hydrogen-bond donors (Lipinski definition) is 0. The smallest absolute Gasteiger partial charge is 0.313 e. The number of carbonyl (C=O) groups is 1. The zero-order chi connectivity index (χ0) is 19.4. The average molecular weight is 380 g/mol. The number of esters is 1. The molecule has 0 spiro atoms. The molecule has 0 bridgehead atoms. The molecule has 1 saturated heterocycles. The van der Waals surface area contributed by atoms with Gasteiger partial charge in [-0.25, -0.2) is 4.39 Å². The summed E-state index contributed by atoms with van der Waals surface area (Å²) < 4.78 is 39.4. The first kappa shape index (κ1) is 20.1. The maximum Gasteiger partial charge on any atom is 0.313 e. The van der Waals surface area contributed by atoms with Gasteiger partial charge >= 0.3 is 5.97 Å². The topological polar surface area (TPSA) is 35.5 Å². The molecule has 27 heavy (non-hydrogen) atoms. The molecule has 1 aromatic rings. The molecule has 150 valence electrons. The molecule has 5 heteroatoms. The summed E-state index contributed by atoms with van der Waals surface area (Å²) in [5.41, 5.74) is 0.0751. The Hall–Kier alpha value is -1.65. The summed E-state index contributed by atoms with van der Waals surface area (Å²) in [5, 5.41) is 0. The number of carbonyl (C=O) groups excluding carboxylic acids is 1. The highest BCUT2D eigenvalue weighted by Gasteiger charge is 2.38. The van der Waals surface area contributed by atoms with Crippen molar-refractivity contribution in [2.24, 2.45) is 11.8 Å². The molecule has 2 aliphatic rings. The Bertz CT molecular complexity index is 653. The van der Waals surface area contributed by atoms with Crippen molar-refractivity contribution < 1.29 is 23.0 Å². The van der Waals surface area contributed by atoms with Crippen molar-refractivity contribution in [2.75, 3.05) is 6.61 Å². The first-order chi connectivity index (χ1) is 13.0. The fraction of sp³-hybridized carbons (Fsp3) is 0.682. The van der Waals surface area contributed by atoms with Gasteiger partial charge in [0.15, 0.2) is 11.6 Å². The Balaban J connectivity index is 1.63. The van der Waals surface area contributed by atoms with Crippen LogP contribution in [0.5, 0.6) is 5.75 Å². The fourth-order valence-electron chi connectivity index (χ4n) is 4.69. The second kappa shape index (κ2) is 9.03. The molecule has 3 nitrogen and oxygen atoms in total. The van der Waals surface area contributed by atoms with Crippen LogP contribution in [0.15, 0.2) is 12.1 Å². The van der Waals surface area contributed by atoms with Crippen LogP contribution in [0, 0.1) is 23.5 Å². The number of cyclic esters (lactones) is 1. The number of rotatable bonds is 6. The SMILES string of the molecule is CCCC1CCC(C2CCC(c3ccc(OCC)c(F)c3F)C(=O)O2)CC1. The molecular formula is C22H30F2O3. The van der Waals surface area contributed by atoms with E-state index in [-0.39, 0.29) is 24.0 Å². The molecule has 2 fully saturated rings. The molecule has 0 aromatic heterocycles. The zero-order valence-corrected chi connectivity index (χ0v) is 16.3. The molecule has 1 heterocycles. The van der Waals surface area contributed by atoms with Gasteiger partial charge in [-0.3, -0.25) is 4.79 Å². The predicted octanol–water partition coefficient (Wildman–Crippen LogP) is 5.76. The van der Waals surface area contributed by atoms with E-state index in [1.807, 2.05) is 0 Å². The average Bonchev–Trinajstić information content (AvgIpc) is 2.67. The van der Waals surface area contributed by atoms with Crippen molar-refractivity contribution in [1.29, 1.82) is 0 Å². The van der Waals surface area contributed by atoms with Crippen LogP contribution >= 0.6 is 0 Å². The van der Waals surface area contributed by atoms with Crippen LogP contribution in [-0.4, -0.2) is 18.7 Å². The zero-order valence-electron chi connectivity index (χ0n) is 16.3. The highest BCUT2D eigenvalue weighted by molar-refractivity contribution is 5.79. The van der Waals surface area contributed by atoms with Crippen molar-refractivity contribution in [3.8, 4) is 5.75 Å². The Morgan fingerprint density at radius 2 is 1.78 bits per heavy atom. The molecule has 1 saturated carbocycles. The summed E-state index contributed by atoms with van der Waals surface area (Å²) in [6.45, 7) is 4.18. The van der Waals surface area contributed by atoms with Crippen LogP contribution in [0.3, 0.4) is 0 Å². The number of benzene rings is 1. The second-order valence-electron chi connectivity index (χ2n) is 7.89.